The number of carbonyl (C=O) groups excluding carboxylic acids is 3. The smallest absolute Gasteiger partial charge is 0.350 e. The van der Waals surface area contributed by atoms with Crippen molar-refractivity contribution in [1.29, 1.82) is 0 Å². The van der Waals surface area contributed by atoms with Gasteiger partial charge in [-0.1, -0.05) is 12.1 Å². The van der Waals surface area contributed by atoms with Crippen molar-refractivity contribution in [2.45, 2.75) is 65.1 Å². The van der Waals surface area contributed by atoms with Crippen molar-refractivity contribution >= 4 is 17.9 Å². The van der Waals surface area contributed by atoms with Gasteiger partial charge in [0.1, 0.15) is 11.4 Å². The molecule has 0 unspecified atom stereocenters. The molecule has 0 atom stereocenters. The molecule has 0 heterocycles. The van der Waals surface area contributed by atoms with E-state index in [1.165, 1.54) is 7.05 Å². The molecule has 8 nitrogen and oxygen atoms in total. The Balaban J connectivity index is 2.47. The van der Waals surface area contributed by atoms with Gasteiger partial charge in [-0.15, -0.1) is 0 Å². The van der Waals surface area contributed by atoms with Gasteiger partial charge in [-0.3, -0.25) is 10.2 Å². The molecule has 156 valence electrons. The fraction of sp³-hybridized carbons (Fsp3) is 0.550. The minimum Gasteiger partial charge on any atom is -0.476 e. The van der Waals surface area contributed by atoms with Gasteiger partial charge < -0.3 is 14.8 Å². The van der Waals surface area contributed by atoms with Gasteiger partial charge in [0.25, 0.3) is 0 Å². The lowest BCUT2D eigenvalue weighted by molar-refractivity contribution is -0.170. The Bertz CT molecular complexity index is 678. The molecule has 0 fully saturated rings. The number of hydrogen-bond donors (Lipinski definition) is 3. The second-order valence-corrected chi connectivity index (χ2v) is 7.86. The van der Waals surface area contributed by atoms with Gasteiger partial charge in [-0.2, -0.15) is 0 Å². The average molecular weight is 393 g/mol. The van der Waals surface area contributed by atoms with Crippen LogP contribution in [-0.2, 0) is 20.7 Å². The number of amides is 3. The third kappa shape index (κ3) is 8.75. The lowest BCUT2D eigenvalue weighted by Crippen LogP contribution is -2.45. The molecule has 3 N–H and O–H groups in total. The lowest BCUT2D eigenvalue weighted by atomic mass is 10.1. The summed E-state index contributed by atoms with van der Waals surface area (Å²) in [6.07, 6.45) is 1.61. The second kappa shape index (κ2) is 9.96. The zero-order valence-corrected chi connectivity index (χ0v) is 17.5. The van der Waals surface area contributed by atoms with Crippen molar-refractivity contribution in [3.8, 4) is 5.75 Å². The molecular formula is C20H31N3O5. The zero-order valence-electron chi connectivity index (χ0n) is 17.5. The van der Waals surface area contributed by atoms with E-state index in [2.05, 4.69) is 16.2 Å². The van der Waals surface area contributed by atoms with Gasteiger partial charge in [-0.05, 0) is 65.2 Å². The normalized spacial score (nSPS) is 11.4. The predicted molar refractivity (Wildman–Crippen MR) is 106 cm³/mol. The first kappa shape index (κ1) is 23.3. The first-order chi connectivity index (χ1) is 12.9. The van der Waals surface area contributed by atoms with E-state index in [1.807, 2.05) is 32.9 Å². The summed E-state index contributed by atoms with van der Waals surface area (Å²) < 4.78 is 11.2. The van der Waals surface area contributed by atoms with Crippen LogP contribution in [0, 0.1) is 0 Å². The van der Waals surface area contributed by atoms with Crippen LogP contribution in [0.1, 0.15) is 53.0 Å². The number of hydrazine groups is 1. The van der Waals surface area contributed by atoms with Gasteiger partial charge in [0.2, 0.25) is 5.91 Å². The summed E-state index contributed by atoms with van der Waals surface area (Å²) in [5, 5.41) is 2.34. The molecule has 0 radical (unpaired) electrons. The van der Waals surface area contributed by atoms with Crippen LogP contribution in [0.15, 0.2) is 24.3 Å². The van der Waals surface area contributed by atoms with E-state index >= 15 is 0 Å². The summed E-state index contributed by atoms with van der Waals surface area (Å²) >= 11 is 0. The molecule has 3 amide bonds. The maximum Gasteiger partial charge on any atom is 0.350 e. The third-order valence-electron chi connectivity index (χ3n) is 3.60. The summed E-state index contributed by atoms with van der Waals surface area (Å²) in [6, 6.07) is 6.88. The van der Waals surface area contributed by atoms with Gasteiger partial charge in [0.15, 0.2) is 5.60 Å². The summed E-state index contributed by atoms with van der Waals surface area (Å²) in [5.74, 6) is -0.129. The van der Waals surface area contributed by atoms with Gasteiger partial charge in [0, 0.05) is 13.5 Å². The molecule has 1 aromatic rings. The highest BCUT2D eigenvalue weighted by Gasteiger charge is 2.34. The summed E-state index contributed by atoms with van der Waals surface area (Å²) in [6.45, 7) is 8.76. The monoisotopic (exact) mass is 393 g/mol. The first-order valence-corrected chi connectivity index (χ1v) is 9.21. The van der Waals surface area contributed by atoms with E-state index in [1.54, 1.807) is 26.0 Å². The Morgan fingerprint density at radius 3 is 2.11 bits per heavy atom. The van der Waals surface area contributed by atoms with Gasteiger partial charge >= 0.3 is 12.0 Å². The van der Waals surface area contributed by atoms with E-state index in [9.17, 15) is 14.4 Å². The van der Waals surface area contributed by atoms with Crippen molar-refractivity contribution in [3.63, 3.8) is 0 Å². The number of aryl methyl sites for hydroxylation is 1. The molecule has 0 saturated heterocycles. The number of urea groups is 1. The van der Waals surface area contributed by atoms with Crippen LogP contribution in [0.3, 0.4) is 0 Å². The Kier molecular flexibility index (Phi) is 8.28. The Hall–Kier alpha value is -2.77. The molecular weight excluding hydrogens is 362 g/mol. The molecule has 0 aliphatic carbocycles. The van der Waals surface area contributed by atoms with Gasteiger partial charge in [0.05, 0.1) is 0 Å². The van der Waals surface area contributed by atoms with Crippen molar-refractivity contribution in [1.82, 2.24) is 16.2 Å². The minimum absolute atomic E-state index is 0.261. The maximum absolute atomic E-state index is 12.3. The van der Waals surface area contributed by atoms with Crippen molar-refractivity contribution < 1.29 is 23.9 Å². The van der Waals surface area contributed by atoms with Crippen LogP contribution in [-0.4, -0.2) is 36.2 Å². The highest BCUT2D eigenvalue weighted by molar-refractivity contribution is 5.81. The van der Waals surface area contributed by atoms with Crippen LogP contribution in [0.5, 0.6) is 5.75 Å². The van der Waals surface area contributed by atoms with E-state index in [4.69, 9.17) is 9.47 Å². The lowest BCUT2D eigenvalue weighted by Gasteiger charge is -2.29. The zero-order chi connectivity index (χ0) is 21.4. The number of hydrogen-bond acceptors (Lipinski definition) is 5. The number of rotatable bonds is 7. The predicted octanol–water partition coefficient (Wildman–Crippen LogP) is 2.47. The van der Waals surface area contributed by atoms with Crippen LogP contribution in [0.25, 0.3) is 0 Å². The fourth-order valence-electron chi connectivity index (χ4n) is 2.17. The minimum atomic E-state index is -1.11. The highest BCUT2D eigenvalue weighted by Crippen LogP contribution is 2.22. The van der Waals surface area contributed by atoms with Crippen molar-refractivity contribution in [3.05, 3.63) is 29.8 Å². The van der Waals surface area contributed by atoms with Crippen LogP contribution in [0.4, 0.5) is 4.79 Å². The average Bonchev–Trinajstić information content (AvgIpc) is 2.59. The number of ether oxygens (including phenoxy) is 2. The number of nitrogens with one attached hydrogen (secondary N) is 3. The maximum atomic E-state index is 12.3. The van der Waals surface area contributed by atoms with Crippen LogP contribution >= 0.6 is 0 Å². The summed E-state index contributed by atoms with van der Waals surface area (Å²) in [4.78, 5) is 34.8. The molecule has 0 aromatic heterocycles. The summed E-state index contributed by atoms with van der Waals surface area (Å²) in [5.41, 5.74) is 3.90. The Morgan fingerprint density at radius 2 is 1.57 bits per heavy atom. The van der Waals surface area contributed by atoms with E-state index in [-0.39, 0.29) is 12.3 Å². The van der Waals surface area contributed by atoms with Crippen LogP contribution in [0.2, 0.25) is 0 Å². The number of esters is 1. The molecule has 1 aromatic carbocycles. The van der Waals surface area contributed by atoms with E-state index in [0.29, 0.717) is 18.6 Å². The van der Waals surface area contributed by atoms with Gasteiger partial charge in [-0.25, -0.2) is 15.0 Å². The summed E-state index contributed by atoms with van der Waals surface area (Å²) in [7, 11) is 1.46. The van der Waals surface area contributed by atoms with Crippen molar-refractivity contribution in [2.75, 3.05) is 7.05 Å². The van der Waals surface area contributed by atoms with Crippen LogP contribution < -0.4 is 20.9 Å². The molecule has 0 bridgehead atoms. The van der Waals surface area contributed by atoms with Crippen molar-refractivity contribution in [2.24, 2.45) is 0 Å². The molecule has 28 heavy (non-hydrogen) atoms. The third-order valence-corrected chi connectivity index (χ3v) is 3.60. The molecule has 1 rings (SSSR count). The molecule has 0 aliphatic rings. The SMILES string of the molecule is CNC(=O)NNC(=O)CCCc1ccc(OC(C)(C)C(=O)OC(C)(C)C)cc1. The largest absolute Gasteiger partial charge is 0.476 e. The second-order valence-electron chi connectivity index (χ2n) is 7.86. The fourth-order valence-corrected chi connectivity index (χ4v) is 2.17. The number of benzene rings is 1. The Morgan fingerprint density at radius 1 is 0.964 bits per heavy atom. The number of carbonyl (C=O) groups is 3. The highest BCUT2D eigenvalue weighted by atomic mass is 16.6. The topological polar surface area (TPSA) is 106 Å². The van der Waals surface area contributed by atoms with E-state index < -0.39 is 23.2 Å². The first-order valence-electron chi connectivity index (χ1n) is 9.21. The molecule has 0 saturated carbocycles. The Labute approximate surface area is 166 Å². The quantitative estimate of drug-likeness (QED) is 0.487. The molecule has 0 aliphatic heterocycles. The standard InChI is InChI=1S/C20H31N3O5/c1-19(2,3)28-17(25)20(4,5)27-15-12-10-14(11-13-15)8-7-9-16(24)22-23-18(26)21-6/h10-13H,7-9H2,1-6H3,(H,22,24)(H2,21,23,26). The molecule has 0 spiro atoms. The molecule has 8 heteroatoms. The van der Waals surface area contributed by atoms with E-state index in [0.717, 1.165) is 5.56 Å².